The summed E-state index contributed by atoms with van der Waals surface area (Å²) in [7, 11) is 0. The van der Waals surface area contributed by atoms with E-state index in [0.29, 0.717) is 0 Å². The van der Waals surface area contributed by atoms with Gasteiger partial charge in [-0.25, -0.2) is 4.79 Å². The Morgan fingerprint density at radius 1 is 1.90 bits per heavy atom. The zero-order valence-electron chi connectivity index (χ0n) is 5.46. The van der Waals surface area contributed by atoms with Crippen molar-refractivity contribution in [2.75, 3.05) is 6.61 Å². The van der Waals surface area contributed by atoms with Gasteiger partial charge in [0, 0.05) is 0 Å². The maximum absolute atomic E-state index is 10.4. The third kappa shape index (κ3) is 4.65. The van der Waals surface area contributed by atoms with Gasteiger partial charge in [0.15, 0.2) is 0 Å². The average Bonchev–Trinajstić information content (AvgIpc) is 1.89. The SMILES string of the molecule is C=CNC(=O)OCCC#N. The molecule has 0 saturated carbocycles. The molecule has 4 nitrogen and oxygen atoms in total. The first-order valence-corrected chi connectivity index (χ1v) is 2.72. The quantitative estimate of drug-likeness (QED) is 0.589. The lowest BCUT2D eigenvalue weighted by Crippen LogP contribution is -2.18. The Morgan fingerprint density at radius 2 is 2.60 bits per heavy atom. The van der Waals surface area contributed by atoms with Crippen LogP contribution in [-0.4, -0.2) is 12.7 Å². The second-order valence-corrected chi connectivity index (χ2v) is 1.39. The van der Waals surface area contributed by atoms with Crippen molar-refractivity contribution in [2.24, 2.45) is 0 Å². The fourth-order valence-electron chi connectivity index (χ4n) is 0.314. The molecular weight excluding hydrogens is 132 g/mol. The number of nitriles is 1. The van der Waals surface area contributed by atoms with E-state index in [-0.39, 0.29) is 13.0 Å². The van der Waals surface area contributed by atoms with Crippen molar-refractivity contribution in [2.45, 2.75) is 6.42 Å². The van der Waals surface area contributed by atoms with E-state index < -0.39 is 6.09 Å². The first-order chi connectivity index (χ1) is 4.81. The van der Waals surface area contributed by atoms with Crippen LogP contribution in [0.2, 0.25) is 0 Å². The van der Waals surface area contributed by atoms with Gasteiger partial charge in [-0.2, -0.15) is 5.26 Å². The van der Waals surface area contributed by atoms with Gasteiger partial charge >= 0.3 is 6.09 Å². The molecule has 0 bridgehead atoms. The molecule has 54 valence electrons. The molecule has 0 aliphatic rings. The monoisotopic (exact) mass is 140 g/mol. The second kappa shape index (κ2) is 5.63. The minimum absolute atomic E-state index is 0.121. The summed E-state index contributed by atoms with van der Waals surface area (Å²) >= 11 is 0. The third-order valence-corrected chi connectivity index (χ3v) is 0.667. The minimum atomic E-state index is -0.578. The number of alkyl carbamates (subject to hydrolysis) is 1. The number of hydrogen-bond acceptors (Lipinski definition) is 3. The summed E-state index contributed by atoms with van der Waals surface area (Å²) in [4.78, 5) is 10.4. The van der Waals surface area contributed by atoms with E-state index in [1.165, 1.54) is 6.20 Å². The number of carbonyl (C=O) groups is 1. The van der Waals surface area contributed by atoms with Gasteiger partial charge in [-0.1, -0.05) is 6.58 Å². The summed E-state index contributed by atoms with van der Waals surface area (Å²) in [5.41, 5.74) is 0. The third-order valence-electron chi connectivity index (χ3n) is 0.667. The van der Waals surface area contributed by atoms with Crippen LogP contribution in [-0.2, 0) is 4.74 Å². The van der Waals surface area contributed by atoms with Gasteiger partial charge in [-0.15, -0.1) is 0 Å². The van der Waals surface area contributed by atoms with Crippen LogP contribution in [0.3, 0.4) is 0 Å². The molecule has 0 unspecified atom stereocenters. The number of nitrogens with zero attached hydrogens (tertiary/aromatic N) is 1. The standard InChI is InChI=1S/C6H8N2O2/c1-2-8-6(9)10-5-3-4-7/h2H,1,3,5H2,(H,8,9). The van der Waals surface area contributed by atoms with Crippen LogP contribution in [0.15, 0.2) is 12.8 Å². The van der Waals surface area contributed by atoms with E-state index in [2.05, 4.69) is 16.6 Å². The highest BCUT2D eigenvalue weighted by atomic mass is 16.5. The van der Waals surface area contributed by atoms with Crippen LogP contribution in [0.5, 0.6) is 0 Å². The summed E-state index contributed by atoms with van der Waals surface area (Å²) in [5, 5.41) is 10.2. The Morgan fingerprint density at radius 3 is 3.10 bits per heavy atom. The van der Waals surface area contributed by atoms with Crippen molar-refractivity contribution in [3.05, 3.63) is 12.8 Å². The van der Waals surface area contributed by atoms with Crippen LogP contribution >= 0.6 is 0 Å². The van der Waals surface area contributed by atoms with Gasteiger partial charge < -0.3 is 4.74 Å². The lowest BCUT2D eigenvalue weighted by Gasteiger charge is -1.98. The Bertz CT molecular complexity index is 160. The van der Waals surface area contributed by atoms with Crippen molar-refractivity contribution in [1.29, 1.82) is 5.26 Å². The van der Waals surface area contributed by atoms with Gasteiger partial charge in [-0.3, -0.25) is 5.32 Å². The topological polar surface area (TPSA) is 62.1 Å². The van der Waals surface area contributed by atoms with Crippen LogP contribution < -0.4 is 5.32 Å². The van der Waals surface area contributed by atoms with Crippen LogP contribution in [0.4, 0.5) is 4.79 Å². The van der Waals surface area contributed by atoms with Crippen LogP contribution in [0.1, 0.15) is 6.42 Å². The average molecular weight is 140 g/mol. The highest BCUT2D eigenvalue weighted by Crippen LogP contribution is 1.80. The van der Waals surface area contributed by atoms with Gasteiger partial charge in [-0.05, 0) is 6.20 Å². The normalized spacial score (nSPS) is 7.50. The molecule has 0 aliphatic heterocycles. The molecule has 0 aromatic heterocycles. The number of ether oxygens (including phenoxy) is 1. The molecule has 10 heavy (non-hydrogen) atoms. The number of nitrogens with one attached hydrogen (secondary N) is 1. The minimum Gasteiger partial charge on any atom is -0.448 e. The number of rotatable bonds is 3. The summed E-state index contributed by atoms with van der Waals surface area (Å²) in [6.07, 6.45) is 0.851. The molecule has 0 spiro atoms. The second-order valence-electron chi connectivity index (χ2n) is 1.39. The van der Waals surface area contributed by atoms with Crippen molar-refractivity contribution in [1.82, 2.24) is 5.32 Å². The molecule has 0 saturated heterocycles. The maximum atomic E-state index is 10.4. The Labute approximate surface area is 59.1 Å². The summed E-state index contributed by atoms with van der Waals surface area (Å²) < 4.78 is 4.48. The van der Waals surface area contributed by atoms with E-state index in [9.17, 15) is 4.79 Å². The van der Waals surface area contributed by atoms with Gasteiger partial charge in [0.25, 0.3) is 0 Å². The van der Waals surface area contributed by atoms with Crippen LogP contribution in [0.25, 0.3) is 0 Å². The highest BCUT2D eigenvalue weighted by Gasteiger charge is 1.95. The van der Waals surface area contributed by atoms with E-state index in [0.717, 1.165) is 0 Å². The first-order valence-electron chi connectivity index (χ1n) is 2.72. The van der Waals surface area contributed by atoms with Gasteiger partial charge in [0.1, 0.15) is 6.61 Å². The Hall–Kier alpha value is -1.50. The molecule has 0 aromatic rings. The van der Waals surface area contributed by atoms with Gasteiger partial charge in [0.05, 0.1) is 12.5 Å². The van der Waals surface area contributed by atoms with E-state index in [4.69, 9.17) is 5.26 Å². The fraction of sp³-hybridized carbons (Fsp3) is 0.333. The molecule has 0 rings (SSSR count). The molecule has 1 N–H and O–H groups in total. The van der Waals surface area contributed by atoms with E-state index in [1.807, 2.05) is 6.07 Å². The van der Waals surface area contributed by atoms with Crippen molar-refractivity contribution in [3.63, 3.8) is 0 Å². The van der Waals surface area contributed by atoms with E-state index >= 15 is 0 Å². The highest BCUT2D eigenvalue weighted by molar-refractivity contribution is 5.68. The zero-order valence-corrected chi connectivity index (χ0v) is 5.46. The van der Waals surface area contributed by atoms with Crippen molar-refractivity contribution >= 4 is 6.09 Å². The molecule has 1 amide bonds. The zero-order chi connectivity index (χ0) is 7.82. The lowest BCUT2D eigenvalue weighted by atomic mass is 10.5. The molecule has 0 heterocycles. The Kier molecular flexibility index (Phi) is 4.79. The fourth-order valence-corrected chi connectivity index (χ4v) is 0.314. The smallest absolute Gasteiger partial charge is 0.411 e. The van der Waals surface area contributed by atoms with Crippen molar-refractivity contribution < 1.29 is 9.53 Å². The van der Waals surface area contributed by atoms with E-state index in [1.54, 1.807) is 0 Å². The summed E-state index contributed by atoms with van der Waals surface area (Å²) in [6, 6.07) is 1.83. The Balaban J connectivity index is 3.23. The number of amides is 1. The van der Waals surface area contributed by atoms with Gasteiger partial charge in [0.2, 0.25) is 0 Å². The first kappa shape index (κ1) is 8.50. The predicted octanol–water partition coefficient (Wildman–Crippen LogP) is 0.770. The molecule has 0 aromatic carbocycles. The molecule has 0 fully saturated rings. The van der Waals surface area contributed by atoms with Crippen LogP contribution in [0, 0.1) is 11.3 Å². The number of carbonyl (C=O) groups excluding carboxylic acids is 1. The lowest BCUT2D eigenvalue weighted by molar-refractivity contribution is 0.152. The molecular formula is C6H8N2O2. The largest absolute Gasteiger partial charge is 0.448 e. The molecule has 0 aliphatic carbocycles. The molecule has 0 atom stereocenters. The summed E-state index contributed by atoms with van der Waals surface area (Å²) in [5.74, 6) is 0. The maximum Gasteiger partial charge on any atom is 0.411 e. The predicted molar refractivity (Wildman–Crippen MR) is 34.9 cm³/mol. The number of hydrogen-bond donors (Lipinski definition) is 1. The van der Waals surface area contributed by atoms with Crippen molar-refractivity contribution in [3.8, 4) is 6.07 Å². The summed E-state index contributed by atoms with van der Waals surface area (Å²) in [6.45, 7) is 3.37. The molecule has 0 radical (unpaired) electrons. The molecule has 4 heteroatoms.